The predicted octanol–water partition coefficient (Wildman–Crippen LogP) is 3.54. The summed E-state index contributed by atoms with van der Waals surface area (Å²) in [6, 6.07) is 9.53. The van der Waals surface area contributed by atoms with E-state index in [0.717, 1.165) is 36.9 Å². The van der Waals surface area contributed by atoms with Crippen molar-refractivity contribution in [2.24, 2.45) is 4.99 Å². The fourth-order valence-corrected chi connectivity index (χ4v) is 2.77. The van der Waals surface area contributed by atoms with Crippen molar-refractivity contribution in [1.82, 2.24) is 30.4 Å². The number of nitrogens with one attached hydrogen (secondary N) is 2. The zero-order valence-electron chi connectivity index (χ0n) is 17.6. The maximum atomic E-state index is 13.0. The Kier molecular flexibility index (Phi) is 10.1. The van der Waals surface area contributed by atoms with E-state index in [1.54, 1.807) is 24.7 Å². The highest BCUT2D eigenvalue weighted by atomic mass is 127. The van der Waals surface area contributed by atoms with Crippen LogP contribution in [-0.2, 0) is 19.5 Å². The van der Waals surface area contributed by atoms with Crippen LogP contribution >= 0.6 is 24.0 Å². The van der Waals surface area contributed by atoms with Crippen LogP contribution in [0.1, 0.15) is 25.2 Å². The lowest BCUT2D eigenvalue weighted by Gasteiger charge is -2.12. The molecule has 3 rings (SSSR count). The minimum atomic E-state index is -0.308. The third-order valence-corrected chi connectivity index (χ3v) is 4.26. The van der Waals surface area contributed by atoms with E-state index in [0.29, 0.717) is 24.7 Å². The van der Waals surface area contributed by atoms with E-state index in [2.05, 4.69) is 37.7 Å². The molecule has 2 N–H and O–H groups in total. The predicted molar refractivity (Wildman–Crippen MR) is 128 cm³/mol. The summed E-state index contributed by atoms with van der Waals surface area (Å²) in [4.78, 5) is 8.83. The number of benzene rings is 1. The average Bonchev–Trinajstić information content (AvgIpc) is 3.21. The van der Waals surface area contributed by atoms with Crippen molar-refractivity contribution in [1.29, 1.82) is 0 Å². The van der Waals surface area contributed by atoms with Gasteiger partial charge in [0.2, 0.25) is 5.88 Å². The van der Waals surface area contributed by atoms with Crippen LogP contribution in [0.4, 0.5) is 4.39 Å². The molecular formula is C21H27FIN7O. The lowest BCUT2D eigenvalue weighted by atomic mass is 10.2. The number of halogens is 2. The van der Waals surface area contributed by atoms with Crippen LogP contribution < -0.4 is 15.4 Å². The Hall–Kier alpha value is -2.76. The standard InChI is InChI=1S/C21H26FN7O.HI/c1-3-19-28-27-15-29(19)12-11-25-21(23-4-2)26-14-16-9-10-24-20(13-16)30-18-7-5-17(22)6-8-18;/h5-10,13,15H,3-4,11-12,14H2,1-2H3,(H2,23,25,26);1H. The fraction of sp³-hybridized carbons (Fsp3) is 0.333. The molecule has 3 aromatic rings. The van der Waals surface area contributed by atoms with Gasteiger partial charge in [-0.25, -0.2) is 14.4 Å². The third kappa shape index (κ3) is 7.78. The summed E-state index contributed by atoms with van der Waals surface area (Å²) in [5, 5.41) is 14.6. The molecule has 31 heavy (non-hydrogen) atoms. The van der Waals surface area contributed by atoms with Gasteiger partial charge in [0.25, 0.3) is 0 Å². The molecule has 0 amide bonds. The van der Waals surface area contributed by atoms with Gasteiger partial charge in [-0.3, -0.25) is 0 Å². The quantitative estimate of drug-likeness (QED) is 0.246. The van der Waals surface area contributed by atoms with E-state index >= 15 is 0 Å². The van der Waals surface area contributed by atoms with E-state index in [9.17, 15) is 4.39 Å². The van der Waals surface area contributed by atoms with Gasteiger partial charge in [-0.1, -0.05) is 6.92 Å². The van der Waals surface area contributed by atoms with Crippen LogP contribution in [0.15, 0.2) is 53.9 Å². The molecule has 0 atom stereocenters. The molecular weight excluding hydrogens is 512 g/mol. The first kappa shape index (κ1) is 24.5. The Bertz CT molecular complexity index is 962. The van der Waals surface area contributed by atoms with E-state index in [4.69, 9.17) is 4.74 Å². The van der Waals surface area contributed by atoms with Gasteiger partial charge in [0.15, 0.2) is 5.96 Å². The summed E-state index contributed by atoms with van der Waals surface area (Å²) < 4.78 is 20.7. The number of rotatable bonds is 9. The Morgan fingerprint density at radius 2 is 1.97 bits per heavy atom. The molecule has 166 valence electrons. The average molecular weight is 539 g/mol. The highest BCUT2D eigenvalue weighted by Crippen LogP contribution is 2.20. The summed E-state index contributed by atoms with van der Waals surface area (Å²) in [5.74, 6) is 2.34. The van der Waals surface area contributed by atoms with Crippen molar-refractivity contribution in [3.05, 3.63) is 66.1 Å². The molecule has 0 saturated carbocycles. The molecule has 0 aliphatic heterocycles. The van der Waals surface area contributed by atoms with Crippen molar-refractivity contribution in [3.63, 3.8) is 0 Å². The zero-order chi connectivity index (χ0) is 21.2. The molecule has 0 aliphatic rings. The molecule has 0 bridgehead atoms. The topological polar surface area (TPSA) is 89.3 Å². The number of aromatic nitrogens is 4. The van der Waals surface area contributed by atoms with Crippen LogP contribution in [-0.4, -0.2) is 38.8 Å². The Morgan fingerprint density at radius 3 is 2.71 bits per heavy atom. The minimum Gasteiger partial charge on any atom is -0.439 e. The van der Waals surface area contributed by atoms with Crippen LogP contribution in [0.3, 0.4) is 0 Å². The Balaban J connectivity index is 0.00000341. The van der Waals surface area contributed by atoms with E-state index in [-0.39, 0.29) is 29.8 Å². The van der Waals surface area contributed by atoms with Crippen LogP contribution in [0.25, 0.3) is 0 Å². The van der Waals surface area contributed by atoms with Gasteiger partial charge in [-0.2, -0.15) is 0 Å². The molecule has 0 spiro atoms. The number of nitrogens with zero attached hydrogens (tertiary/aromatic N) is 5. The highest BCUT2D eigenvalue weighted by molar-refractivity contribution is 14.0. The fourth-order valence-electron chi connectivity index (χ4n) is 2.77. The first-order chi connectivity index (χ1) is 14.7. The van der Waals surface area contributed by atoms with Crippen molar-refractivity contribution in [2.45, 2.75) is 33.4 Å². The first-order valence-electron chi connectivity index (χ1n) is 9.95. The van der Waals surface area contributed by atoms with Crippen LogP contribution in [0.2, 0.25) is 0 Å². The van der Waals surface area contributed by atoms with Gasteiger partial charge < -0.3 is 19.9 Å². The number of ether oxygens (including phenoxy) is 1. The SMILES string of the molecule is CCNC(=NCc1ccnc(Oc2ccc(F)cc2)c1)NCCn1cnnc1CC.I. The number of aryl methyl sites for hydroxylation is 1. The lowest BCUT2D eigenvalue weighted by molar-refractivity contribution is 0.460. The number of hydrogen-bond acceptors (Lipinski definition) is 5. The van der Waals surface area contributed by atoms with E-state index in [1.807, 2.05) is 23.6 Å². The minimum absolute atomic E-state index is 0. The summed E-state index contributed by atoms with van der Waals surface area (Å²) in [6.45, 7) is 6.76. The normalized spacial score (nSPS) is 11.0. The number of aliphatic imine (C=N–C) groups is 1. The monoisotopic (exact) mass is 539 g/mol. The second-order valence-corrected chi connectivity index (χ2v) is 6.47. The van der Waals surface area contributed by atoms with Crippen molar-refractivity contribution >= 4 is 29.9 Å². The van der Waals surface area contributed by atoms with Gasteiger partial charge in [0.05, 0.1) is 6.54 Å². The third-order valence-electron chi connectivity index (χ3n) is 4.26. The van der Waals surface area contributed by atoms with E-state index in [1.165, 1.54) is 12.1 Å². The van der Waals surface area contributed by atoms with Gasteiger partial charge in [0.1, 0.15) is 23.7 Å². The smallest absolute Gasteiger partial charge is 0.219 e. The highest BCUT2D eigenvalue weighted by Gasteiger charge is 2.04. The maximum absolute atomic E-state index is 13.0. The van der Waals surface area contributed by atoms with Crippen molar-refractivity contribution in [3.8, 4) is 11.6 Å². The number of guanidine groups is 1. The molecule has 1 aromatic carbocycles. The molecule has 2 aromatic heterocycles. The second-order valence-electron chi connectivity index (χ2n) is 6.47. The van der Waals surface area contributed by atoms with Crippen LogP contribution in [0.5, 0.6) is 11.6 Å². The molecule has 0 fully saturated rings. The van der Waals surface area contributed by atoms with Crippen LogP contribution in [0, 0.1) is 5.82 Å². The maximum Gasteiger partial charge on any atom is 0.219 e. The number of pyridine rings is 1. The van der Waals surface area contributed by atoms with Crippen molar-refractivity contribution < 1.29 is 9.13 Å². The largest absolute Gasteiger partial charge is 0.439 e. The second kappa shape index (κ2) is 12.8. The van der Waals surface area contributed by atoms with Gasteiger partial charge >= 0.3 is 0 Å². The molecule has 0 unspecified atom stereocenters. The molecule has 0 aliphatic carbocycles. The van der Waals surface area contributed by atoms with Gasteiger partial charge in [0, 0.05) is 38.3 Å². The summed E-state index contributed by atoms with van der Waals surface area (Å²) in [5.41, 5.74) is 0.950. The van der Waals surface area contributed by atoms with Gasteiger partial charge in [-0.15, -0.1) is 34.2 Å². The molecule has 10 heteroatoms. The van der Waals surface area contributed by atoms with E-state index < -0.39 is 0 Å². The summed E-state index contributed by atoms with van der Waals surface area (Å²) in [6.07, 6.45) is 4.26. The summed E-state index contributed by atoms with van der Waals surface area (Å²) >= 11 is 0. The molecule has 2 heterocycles. The van der Waals surface area contributed by atoms with Crippen molar-refractivity contribution in [2.75, 3.05) is 13.1 Å². The molecule has 8 nitrogen and oxygen atoms in total. The zero-order valence-corrected chi connectivity index (χ0v) is 19.9. The number of hydrogen-bond donors (Lipinski definition) is 2. The molecule has 0 radical (unpaired) electrons. The Labute approximate surface area is 198 Å². The molecule has 0 saturated heterocycles. The first-order valence-corrected chi connectivity index (χ1v) is 9.95. The lowest BCUT2D eigenvalue weighted by Crippen LogP contribution is -2.38. The Morgan fingerprint density at radius 1 is 1.16 bits per heavy atom. The summed E-state index contributed by atoms with van der Waals surface area (Å²) in [7, 11) is 0. The van der Waals surface area contributed by atoms with Gasteiger partial charge in [-0.05, 0) is 42.8 Å².